The fraction of sp³-hybridized carbons (Fsp3) is 0.800. The number of rotatable bonds is 2. The number of nitrogens with zero attached hydrogens (tertiary/aromatic N) is 2. The minimum Gasteiger partial charge on any atom is -0.328 e. The van der Waals surface area contributed by atoms with Gasteiger partial charge in [0.25, 0.3) is 0 Å². The summed E-state index contributed by atoms with van der Waals surface area (Å²) in [6, 6.07) is 0.354. The number of hydrogen-bond donors (Lipinski definition) is 2. The predicted molar refractivity (Wildman–Crippen MR) is 55.0 cm³/mol. The molecule has 0 aromatic carbocycles. The zero-order valence-corrected chi connectivity index (χ0v) is 8.83. The number of H-pyrrole nitrogens is 1. The molecule has 0 spiro atoms. The number of aromatic nitrogens is 3. The van der Waals surface area contributed by atoms with Gasteiger partial charge >= 0.3 is 0 Å². The van der Waals surface area contributed by atoms with Gasteiger partial charge in [0.1, 0.15) is 5.82 Å². The molecule has 1 saturated carbocycles. The van der Waals surface area contributed by atoms with Crippen LogP contribution < -0.4 is 5.73 Å². The Kier molecular flexibility index (Phi) is 2.54. The van der Waals surface area contributed by atoms with Gasteiger partial charge in [-0.2, -0.15) is 5.10 Å². The second-order valence-electron chi connectivity index (χ2n) is 4.50. The summed E-state index contributed by atoms with van der Waals surface area (Å²) in [7, 11) is 0. The van der Waals surface area contributed by atoms with Crippen LogP contribution in [0.15, 0.2) is 0 Å². The fourth-order valence-electron chi connectivity index (χ4n) is 1.99. The lowest BCUT2D eigenvalue weighted by Crippen LogP contribution is -2.14. The summed E-state index contributed by atoms with van der Waals surface area (Å²) in [6.45, 7) is 4.21. The number of nitrogens with one attached hydrogen (secondary N) is 1. The molecule has 2 rings (SSSR count). The van der Waals surface area contributed by atoms with Gasteiger partial charge in [-0.25, -0.2) is 4.98 Å². The zero-order chi connectivity index (χ0) is 10.1. The van der Waals surface area contributed by atoms with Crippen LogP contribution in [0.2, 0.25) is 0 Å². The van der Waals surface area contributed by atoms with Gasteiger partial charge in [0.2, 0.25) is 0 Å². The summed E-state index contributed by atoms with van der Waals surface area (Å²) in [5, 5.41) is 7.24. The Morgan fingerprint density at radius 2 is 2.21 bits per heavy atom. The highest BCUT2D eigenvalue weighted by Crippen LogP contribution is 2.31. The van der Waals surface area contributed by atoms with Gasteiger partial charge in [0.15, 0.2) is 5.82 Å². The molecule has 0 aliphatic heterocycles. The van der Waals surface area contributed by atoms with Crippen LogP contribution in [0.5, 0.6) is 0 Å². The molecule has 3 N–H and O–H groups in total. The van der Waals surface area contributed by atoms with E-state index in [0.29, 0.717) is 17.9 Å². The fourth-order valence-corrected chi connectivity index (χ4v) is 1.99. The van der Waals surface area contributed by atoms with Crippen molar-refractivity contribution in [1.29, 1.82) is 0 Å². The number of nitrogens with two attached hydrogens (primary N) is 1. The summed E-state index contributed by atoms with van der Waals surface area (Å²) in [6.07, 6.45) is 3.31. The predicted octanol–water partition coefficient (Wildman–Crippen LogP) is 1.52. The third-order valence-electron chi connectivity index (χ3n) is 2.90. The molecule has 0 unspecified atom stereocenters. The van der Waals surface area contributed by atoms with Crippen molar-refractivity contribution in [3.8, 4) is 0 Å². The second kappa shape index (κ2) is 3.69. The highest BCUT2D eigenvalue weighted by molar-refractivity contribution is 5.03. The minimum absolute atomic E-state index is 0.354. The molecule has 1 aliphatic carbocycles. The van der Waals surface area contributed by atoms with E-state index in [1.165, 1.54) is 0 Å². The van der Waals surface area contributed by atoms with Crippen LogP contribution in [0.3, 0.4) is 0 Å². The third kappa shape index (κ3) is 1.80. The number of aromatic amines is 1. The molecule has 1 heterocycles. The maximum absolute atomic E-state index is 5.87. The van der Waals surface area contributed by atoms with Crippen LogP contribution >= 0.6 is 0 Å². The summed E-state index contributed by atoms with van der Waals surface area (Å²) in [4.78, 5) is 4.50. The van der Waals surface area contributed by atoms with Gasteiger partial charge in [0.05, 0.1) is 0 Å². The van der Waals surface area contributed by atoms with E-state index in [4.69, 9.17) is 5.73 Å². The molecule has 1 aromatic rings. The normalized spacial score (nSPS) is 27.4. The van der Waals surface area contributed by atoms with E-state index in [0.717, 1.165) is 30.9 Å². The second-order valence-corrected chi connectivity index (χ2v) is 4.50. The molecular formula is C10H18N4. The third-order valence-corrected chi connectivity index (χ3v) is 2.90. The van der Waals surface area contributed by atoms with Gasteiger partial charge in [-0.3, -0.25) is 5.10 Å². The average molecular weight is 194 g/mol. The molecule has 78 valence electrons. The standard InChI is InChI=1S/C10H18N4/c1-6(2)9-12-10(14-13-9)7-3-4-8(11)5-7/h6-8H,3-5,11H2,1-2H3,(H,12,13,14)/t7-,8+/m1/s1. The van der Waals surface area contributed by atoms with Crippen LogP contribution in [-0.4, -0.2) is 21.2 Å². The van der Waals surface area contributed by atoms with Crippen molar-refractivity contribution in [2.45, 2.75) is 51.0 Å². The summed E-state index contributed by atoms with van der Waals surface area (Å²) >= 11 is 0. The van der Waals surface area contributed by atoms with Crippen LogP contribution in [0, 0.1) is 0 Å². The first-order chi connectivity index (χ1) is 6.66. The van der Waals surface area contributed by atoms with Gasteiger partial charge in [-0.15, -0.1) is 0 Å². The SMILES string of the molecule is CC(C)c1n[nH]c([C@@H]2CC[C@H](N)C2)n1. The molecule has 2 atom stereocenters. The Bertz CT molecular complexity index is 305. The Morgan fingerprint density at radius 3 is 2.71 bits per heavy atom. The van der Waals surface area contributed by atoms with Crippen LogP contribution in [0.25, 0.3) is 0 Å². The van der Waals surface area contributed by atoms with Crippen molar-refractivity contribution in [2.24, 2.45) is 5.73 Å². The monoisotopic (exact) mass is 194 g/mol. The highest BCUT2D eigenvalue weighted by Gasteiger charge is 2.26. The van der Waals surface area contributed by atoms with E-state index in [1.807, 2.05) is 0 Å². The van der Waals surface area contributed by atoms with Gasteiger partial charge in [-0.1, -0.05) is 13.8 Å². The molecule has 0 bridgehead atoms. The molecule has 4 nitrogen and oxygen atoms in total. The minimum atomic E-state index is 0.354. The lowest BCUT2D eigenvalue weighted by Gasteiger charge is -2.03. The lowest BCUT2D eigenvalue weighted by atomic mass is 10.1. The average Bonchev–Trinajstić information content (AvgIpc) is 2.70. The van der Waals surface area contributed by atoms with Gasteiger partial charge in [0, 0.05) is 17.9 Å². The van der Waals surface area contributed by atoms with Crippen LogP contribution in [-0.2, 0) is 0 Å². The summed E-state index contributed by atoms with van der Waals surface area (Å²) in [5.74, 6) is 2.85. The first-order valence-electron chi connectivity index (χ1n) is 5.34. The molecule has 0 amide bonds. The Hall–Kier alpha value is -0.900. The first-order valence-corrected chi connectivity index (χ1v) is 5.34. The van der Waals surface area contributed by atoms with E-state index in [9.17, 15) is 0 Å². The molecular weight excluding hydrogens is 176 g/mol. The quantitative estimate of drug-likeness (QED) is 0.750. The molecule has 4 heteroatoms. The van der Waals surface area contributed by atoms with Crippen LogP contribution in [0.1, 0.15) is 56.6 Å². The van der Waals surface area contributed by atoms with Gasteiger partial charge < -0.3 is 5.73 Å². The molecule has 0 radical (unpaired) electrons. The van der Waals surface area contributed by atoms with E-state index in [1.54, 1.807) is 0 Å². The summed E-state index contributed by atoms with van der Waals surface area (Å²) < 4.78 is 0. The Labute approximate surface area is 84.3 Å². The van der Waals surface area contributed by atoms with E-state index < -0.39 is 0 Å². The Morgan fingerprint density at radius 1 is 1.43 bits per heavy atom. The Balaban J connectivity index is 2.09. The summed E-state index contributed by atoms with van der Waals surface area (Å²) in [5.41, 5.74) is 5.87. The lowest BCUT2D eigenvalue weighted by molar-refractivity contribution is 0.644. The van der Waals surface area contributed by atoms with E-state index in [2.05, 4.69) is 29.0 Å². The van der Waals surface area contributed by atoms with E-state index in [-0.39, 0.29) is 0 Å². The topological polar surface area (TPSA) is 67.6 Å². The first kappa shape index (κ1) is 9.65. The zero-order valence-electron chi connectivity index (χ0n) is 8.83. The molecule has 1 aliphatic rings. The van der Waals surface area contributed by atoms with Crippen molar-refractivity contribution in [3.63, 3.8) is 0 Å². The molecule has 1 aromatic heterocycles. The highest BCUT2D eigenvalue weighted by atomic mass is 15.2. The smallest absolute Gasteiger partial charge is 0.153 e. The maximum Gasteiger partial charge on any atom is 0.153 e. The van der Waals surface area contributed by atoms with Crippen molar-refractivity contribution >= 4 is 0 Å². The molecule has 0 saturated heterocycles. The largest absolute Gasteiger partial charge is 0.328 e. The molecule has 1 fully saturated rings. The van der Waals surface area contributed by atoms with Crippen LogP contribution in [0.4, 0.5) is 0 Å². The maximum atomic E-state index is 5.87. The van der Waals surface area contributed by atoms with E-state index >= 15 is 0 Å². The number of hydrogen-bond acceptors (Lipinski definition) is 3. The van der Waals surface area contributed by atoms with Crippen molar-refractivity contribution in [3.05, 3.63) is 11.6 Å². The van der Waals surface area contributed by atoms with Crippen molar-refractivity contribution in [1.82, 2.24) is 15.2 Å². The molecule has 14 heavy (non-hydrogen) atoms. The van der Waals surface area contributed by atoms with Crippen molar-refractivity contribution < 1.29 is 0 Å². The van der Waals surface area contributed by atoms with Gasteiger partial charge in [-0.05, 0) is 19.3 Å². The van der Waals surface area contributed by atoms with Crippen molar-refractivity contribution in [2.75, 3.05) is 0 Å².